The van der Waals surface area contributed by atoms with Crippen molar-refractivity contribution >= 4 is 27.5 Å². The van der Waals surface area contributed by atoms with Gasteiger partial charge >= 0.3 is 0 Å². The van der Waals surface area contributed by atoms with Gasteiger partial charge in [0.05, 0.1) is 16.6 Å². The summed E-state index contributed by atoms with van der Waals surface area (Å²) in [6, 6.07) is 8.48. The molecular formula is C13H11BrN2O2. The molecule has 0 saturated heterocycles. The van der Waals surface area contributed by atoms with Crippen molar-refractivity contribution in [1.29, 1.82) is 0 Å². The lowest BCUT2D eigenvalue weighted by Gasteiger charge is -2.07. The second-order valence-electron chi connectivity index (χ2n) is 3.71. The van der Waals surface area contributed by atoms with Gasteiger partial charge in [-0.15, -0.1) is 0 Å². The van der Waals surface area contributed by atoms with E-state index in [1.54, 1.807) is 42.7 Å². The summed E-state index contributed by atoms with van der Waals surface area (Å²) in [5.74, 6) is -0.0650. The zero-order valence-electron chi connectivity index (χ0n) is 9.43. The van der Waals surface area contributed by atoms with Crippen molar-refractivity contribution in [2.45, 2.75) is 6.42 Å². The van der Waals surface area contributed by atoms with E-state index in [4.69, 9.17) is 0 Å². The van der Waals surface area contributed by atoms with Crippen LogP contribution in [0.2, 0.25) is 0 Å². The van der Waals surface area contributed by atoms with E-state index in [1.807, 2.05) is 0 Å². The molecule has 4 nitrogen and oxygen atoms in total. The third-order valence-electron chi connectivity index (χ3n) is 2.39. The normalized spacial score (nSPS) is 10.1. The van der Waals surface area contributed by atoms with Gasteiger partial charge < -0.3 is 10.4 Å². The number of pyridine rings is 1. The van der Waals surface area contributed by atoms with Crippen molar-refractivity contribution in [2.24, 2.45) is 0 Å². The minimum Gasteiger partial charge on any atom is -0.508 e. The van der Waals surface area contributed by atoms with E-state index >= 15 is 0 Å². The maximum absolute atomic E-state index is 11.8. The highest BCUT2D eigenvalue weighted by Crippen LogP contribution is 2.21. The van der Waals surface area contributed by atoms with Crippen LogP contribution < -0.4 is 5.32 Å². The number of anilines is 1. The second-order valence-corrected chi connectivity index (χ2v) is 4.56. The van der Waals surface area contributed by atoms with Gasteiger partial charge in [-0.25, -0.2) is 0 Å². The Bertz CT molecular complexity index is 523. The molecule has 0 aliphatic heterocycles. The Morgan fingerprint density at radius 3 is 2.83 bits per heavy atom. The highest BCUT2D eigenvalue weighted by Gasteiger charge is 2.08. The van der Waals surface area contributed by atoms with Crippen LogP contribution in [0.1, 0.15) is 5.56 Å². The van der Waals surface area contributed by atoms with Crippen LogP contribution in [0.25, 0.3) is 0 Å². The van der Waals surface area contributed by atoms with Gasteiger partial charge in [-0.2, -0.15) is 0 Å². The molecule has 2 rings (SSSR count). The standard InChI is InChI=1S/C13H11BrN2O2/c14-10-8-15-6-5-11(10)16-13(18)7-9-3-1-2-4-12(9)17/h1-6,8,17H,7H2,(H,15,16,18). The molecule has 1 aromatic carbocycles. The molecule has 0 bridgehead atoms. The Kier molecular flexibility index (Phi) is 3.94. The lowest BCUT2D eigenvalue weighted by atomic mass is 10.1. The Hall–Kier alpha value is -1.88. The summed E-state index contributed by atoms with van der Waals surface area (Å²) >= 11 is 3.30. The molecule has 0 saturated carbocycles. The smallest absolute Gasteiger partial charge is 0.228 e. The molecule has 0 aliphatic rings. The minimum atomic E-state index is -0.191. The van der Waals surface area contributed by atoms with Crippen LogP contribution in [0, 0.1) is 0 Å². The monoisotopic (exact) mass is 306 g/mol. The van der Waals surface area contributed by atoms with E-state index < -0.39 is 0 Å². The number of hydrogen-bond acceptors (Lipinski definition) is 3. The topological polar surface area (TPSA) is 62.2 Å². The molecule has 5 heteroatoms. The van der Waals surface area contributed by atoms with Gasteiger partial charge in [0.2, 0.25) is 5.91 Å². The summed E-state index contributed by atoms with van der Waals surface area (Å²) in [7, 11) is 0. The summed E-state index contributed by atoms with van der Waals surface area (Å²) in [5, 5.41) is 12.3. The predicted molar refractivity (Wildman–Crippen MR) is 72.4 cm³/mol. The van der Waals surface area contributed by atoms with Crippen molar-refractivity contribution in [2.75, 3.05) is 5.32 Å². The number of para-hydroxylation sites is 1. The van der Waals surface area contributed by atoms with Crippen molar-refractivity contribution in [3.8, 4) is 5.75 Å². The van der Waals surface area contributed by atoms with Crippen LogP contribution in [-0.2, 0) is 11.2 Å². The first-order valence-electron chi connectivity index (χ1n) is 5.33. The molecule has 0 fully saturated rings. The molecule has 0 spiro atoms. The van der Waals surface area contributed by atoms with Crippen LogP contribution in [0.15, 0.2) is 47.2 Å². The lowest BCUT2D eigenvalue weighted by molar-refractivity contribution is -0.115. The average Bonchev–Trinajstić information content (AvgIpc) is 2.35. The molecule has 1 aromatic heterocycles. The summed E-state index contributed by atoms with van der Waals surface area (Å²) in [6.45, 7) is 0. The summed E-state index contributed by atoms with van der Waals surface area (Å²) in [6.07, 6.45) is 3.33. The SMILES string of the molecule is O=C(Cc1ccccc1O)Nc1ccncc1Br. The fourth-order valence-corrected chi connectivity index (χ4v) is 1.85. The number of phenolic OH excluding ortho intramolecular Hbond substituents is 1. The van der Waals surface area contributed by atoms with E-state index in [2.05, 4.69) is 26.2 Å². The van der Waals surface area contributed by atoms with Gasteiger partial charge in [0.1, 0.15) is 5.75 Å². The summed E-state index contributed by atoms with van der Waals surface area (Å²) in [4.78, 5) is 15.7. The van der Waals surface area contributed by atoms with E-state index in [0.717, 1.165) is 4.47 Å². The third-order valence-corrected chi connectivity index (χ3v) is 3.02. The van der Waals surface area contributed by atoms with E-state index in [0.29, 0.717) is 11.3 Å². The van der Waals surface area contributed by atoms with Crippen molar-refractivity contribution in [1.82, 2.24) is 4.98 Å². The number of carbonyl (C=O) groups is 1. The molecule has 0 aliphatic carbocycles. The van der Waals surface area contributed by atoms with Crippen LogP contribution in [0.5, 0.6) is 5.75 Å². The van der Waals surface area contributed by atoms with Crippen molar-refractivity contribution in [3.05, 3.63) is 52.8 Å². The van der Waals surface area contributed by atoms with Gasteiger partial charge in [-0.3, -0.25) is 9.78 Å². The van der Waals surface area contributed by atoms with Gasteiger partial charge in [0.15, 0.2) is 0 Å². The number of nitrogens with one attached hydrogen (secondary N) is 1. The first-order chi connectivity index (χ1) is 8.66. The Labute approximate surface area is 113 Å². The van der Waals surface area contributed by atoms with Crippen LogP contribution in [-0.4, -0.2) is 16.0 Å². The number of benzene rings is 1. The van der Waals surface area contributed by atoms with Gasteiger partial charge in [0, 0.05) is 18.0 Å². The molecule has 18 heavy (non-hydrogen) atoms. The molecule has 2 N–H and O–H groups in total. The number of aromatic hydroxyl groups is 1. The molecule has 1 amide bonds. The summed E-state index contributed by atoms with van der Waals surface area (Å²) in [5.41, 5.74) is 1.26. The highest BCUT2D eigenvalue weighted by atomic mass is 79.9. The van der Waals surface area contributed by atoms with E-state index in [-0.39, 0.29) is 18.1 Å². The number of carbonyl (C=O) groups excluding carboxylic acids is 1. The van der Waals surface area contributed by atoms with E-state index in [9.17, 15) is 9.90 Å². The Morgan fingerprint density at radius 2 is 2.11 bits per heavy atom. The quantitative estimate of drug-likeness (QED) is 0.916. The van der Waals surface area contributed by atoms with Crippen molar-refractivity contribution in [3.63, 3.8) is 0 Å². The molecule has 0 atom stereocenters. The maximum Gasteiger partial charge on any atom is 0.228 e. The third kappa shape index (κ3) is 3.07. The Morgan fingerprint density at radius 1 is 1.33 bits per heavy atom. The van der Waals surface area contributed by atoms with Crippen molar-refractivity contribution < 1.29 is 9.90 Å². The fraction of sp³-hybridized carbons (Fsp3) is 0.0769. The number of halogens is 1. The first kappa shape index (κ1) is 12.6. The minimum absolute atomic E-state index is 0.126. The zero-order valence-corrected chi connectivity index (χ0v) is 11.0. The van der Waals surface area contributed by atoms with Gasteiger partial charge in [-0.1, -0.05) is 18.2 Å². The van der Waals surface area contributed by atoms with Crippen LogP contribution >= 0.6 is 15.9 Å². The second kappa shape index (κ2) is 5.64. The predicted octanol–water partition coefficient (Wildman–Crippen LogP) is 2.73. The number of amides is 1. The van der Waals surface area contributed by atoms with E-state index in [1.165, 1.54) is 0 Å². The molecule has 1 heterocycles. The van der Waals surface area contributed by atoms with Gasteiger partial charge in [0.25, 0.3) is 0 Å². The lowest BCUT2D eigenvalue weighted by Crippen LogP contribution is -2.14. The van der Waals surface area contributed by atoms with Crippen LogP contribution in [0.4, 0.5) is 5.69 Å². The number of aromatic nitrogens is 1. The molecule has 92 valence electrons. The zero-order chi connectivity index (χ0) is 13.0. The number of hydrogen-bond donors (Lipinski definition) is 2. The first-order valence-corrected chi connectivity index (χ1v) is 6.12. The molecular weight excluding hydrogens is 296 g/mol. The fourth-order valence-electron chi connectivity index (χ4n) is 1.50. The van der Waals surface area contributed by atoms with Gasteiger partial charge in [-0.05, 0) is 28.1 Å². The Balaban J connectivity index is 2.06. The average molecular weight is 307 g/mol. The number of nitrogens with zero attached hydrogens (tertiary/aromatic N) is 1. The number of phenols is 1. The maximum atomic E-state index is 11.8. The molecule has 2 aromatic rings. The van der Waals surface area contributed by atoms with Crippen LogP contribution in [0.3, 0.4) is 0 Å². The largest absolute Gasteiger partial charge is 0.508 e. The number of rotatable bonds is 3. The molecule has 0 radical (unpaired) electrons. The molecule has 0 unspecified atom stereocenters. The highest BCUT2D eigenvalue weighted by molar-refractivity contribution is 9.10. The summed E-state index contributed by atoms with van der Waals surface area (Å²) < 4.78 is 0.718.